The molecule has 0 aliphatic heterocycles. The lowest BCUT2D eigenvalue weighted by molar-refractivity contribution is 0.0945. The van der Waals surface area contributed by atoms with Gasteiger partial charge in [0.15, 0.2) is 5.78 Å². The molecule has 208 valence electrons. The molecular formula is C32H28ClN3O4S. The Balaban J connectivity index is 1.75. The number of nitrogens with one attached hydrogen (secondary N) is 2. The molecule has 41 heavy (non-hydrogen) atoms. The van der Waals surface area contributed by atoms with E-state index < -0.39 is 33.3 Å². The third-order valence-electron chi connectivity index (χ3n) is 7.01. The summed E-state index contributed by atoms with van der Waals surface area (Å²) >= 11 is 6.20. The van der Waals surface area contributed by atoms with Crippen LogP contribution in [0.15, 0.2) is 119 Å². The molecule has 0 bridgehead atoms. The number of Topliss-reactive ketones (excluding diaryl/α,β-unsaturated/α-hetero) is 1. The molecule has 4 aromatic carbocycles. The van der Waals surface area contributed by atoms with Crippen LogP contribution in [0.3, 0.4) is 0 Å². The van der Waals surface area contributed by atoms with Crippen molar-refractivity contribution >= 4 is 27.4 Å². The van der Waals surface area contributed by atoms with Gasteiger partial charge in [0.05, 0.1) is 16.6 Å². The van der Waals surface area contributed by atoms with Crippen LogP contribution in [0.4, 0.5) is 0 Å². The maximum absolute atomic E-state index is 14.2. The smallest absolute Gasteiger partial charge is 0.275 e. The van der Waals surface area contributed by atoms with Gasteiger partial charge in [0.1, 0.15) is 0 Å². The minimum absolute atomic E-state index is 0.0493. The SMILES string of the molecule is Cc1ccccc1S(=O)(=O)NC(C(=O)c1ccccc1)C(c1ccc(Cl)cc1)c1c(C)[nH]n(-c2ccccc2)c1=O. The summed E-state index contributed by atoms with van der Waals surface area (Å²) in [4.78, 5) is 28.3. The van der Waals surface area contributed by atoms with Crippen molar-refractivity contribution in [3.05, 3.63) is 153 Å². The van der Waals surface area contributed by atoms with Gasteiger partial charge in [0.2, 0.25) is 10.0 Å². The van der Waals surface area contributed by atoms with E-state index in [1.807, 2.05) is 18.2 Å². The third-order valence-corrected chi connectivity index (χ3v) is 8.86. The number of para-hydroxylation sites is 1. The quantitative estimate of drug-likeness (QED) is 0.214. The van der Waals surface area contributed by atoms with Crippen LogP contribution >= 0.6 is 11.6 Å². The van der Waals surface area contributed by atoms with Crippen LogP contribution in [0.5, 0.6) is 0 Å². The molecule has 2 unspecified atom stereocenters. The number of rotatable bonds is 9. The van der Waals surface area contributed by atoms with E-state index in [1.165, 1.54) is 10.7 Å². The van der Waals surface area contributed by atoms with E-state index in [0.717, 1.165) is 0 Å². The maximum Gasteiger partial charge on any atom is 0.275 e. The zero-order chi connectivity index (χ0) is 29.1. The van der Waals surface area contributed by atoms with Gasteiger partial charge in [0.25, 0.3) is 5.56 Å². The molecule has 0 saturated heterocycles. The van der Waals surface area contributed by atoms with Crippen molar-refractivity contribution in [1.82, 2.24) is 14.5 Å². The number of nitrogens with zero attached hydrogens (tertiary/aromatic N) is 1. The minimum atomic E-state index is -4.20. The molecule has 1 heterocycles. The van der Waals surface area contributed by atoms with Crippen molar-refractivity contribution in [2.24, 2.45) is 0 Å². The molecular weight excluding hydrogens is 558 g/mol. The highest BCUT2D eigenvalue weighted by Gasteiger charge is 2.39. The van der Waals surface area contributed by atoms with Crippen LogP contribution in [0, 0.1) is 13.8 Å². The summed E-state index contributed by atoms with van der Waals surface area (Å²) in [6.07, 6.45) is 0. The van der Waals surface area contributed by atoms with Gasteiger partial charge in [-0.15, -0.1) is 0 Å². The fourth-order valence-electron chi connectivity index (χ4n) is 5.02. The average Bonchev–Trinajstić information content (AvgIpc) is 3.27. The largest absolute Gasteiger partial charge is 0.295 e. The zero-order valence-corrected chi connectivity index (χ0v) is 24.0. The van der Waals surface area contributed by atoms with Crippen LogP contribution < -0.4 is 10.3 Å². The summed E-state index contributed by atoms with van der Waals surface area (Å²) < 4.78 is 31.8. The molecule has 0 amide bonds. The van der Waals surface area contributed by atoms with Crippen LogP contribution in [-0.2, 0) is 10.0 Å². The summed E-state index contributed by atoms with van der Waals surface area (Å²) in [5, 5.41) is 3.58. The van der Waals surface area contributed by atoms with E-state index in [1.54, 1.807) is 98.8 Å². The summed E-state index contributed by atoms with van der Waals surface area (Å²) in [5.41, 5.74) is 2.36. The second kappa shape index (κ2) is 11.7. The molecule has 1 aromatic heterocycles. The Kier molecular flexibility index (Phi) is 8.08. The standard InChI is InChI=1S/C32H28ClN3O4S/c1-21-11-9-10-16-27(21)41(39,40)35-30(31(37)24-12-5-3-6-13-24)29(23-17-19-25(33)20-18-23)28-22(2)34-36(32(28)38)26-14-7-4-8-15-26/h3-20,29-30,34-35H,1-2H3. The monoisotopic (exact) mass is 585 g/mol. The van der Waals surface area contributed by atoms with Crippen LogP contribution in [0.25, 0.3) is 5.69 Å². The third kappa shape index (κ3) is 5.81. The van der Waals surface area contributed by atoms with Gasteiger partial charge >= 0.3 is 0 Å². The minimum Gasteiger partial charge on any atom is -0.295 e. The molecule has 5 aromatic rings. The number of benzene rings is 4. The van der Waals surface area contributed by atoms with E-state index in [0.29, 0.717) is 33.1 Å². The van der Waals surface area contributed by atoms with Gasteiger partial charge in [-0.25, -0.2) is 13.1 Å². The van der Waals surface area contributed by atoms with Gasteiger partial charge in [-0.1, -0.05) is 90.5 Å². The summed E-state index contributed by atoms with van der Waals surface area (Å²) in [6.45, 7) is 3.42. The first-order valence-corrected chi connectivity index (χ1v) is 14.8. The van der Waals surface area contributed by atoms with Crippen molar-refractivity contribution in [2.45, 2.75) is 30.7 Å². The Labute approximate surface area is 243 Å². The second-order valence-corrected chi connectivity index (χ2v) is 11.9. The molecule has 9 heteroatoms. The summed E-state index contributed by atoms with van der Waals surface area (Å²) in [5.74, 6) is -1.47. The van der Waals surface area contributed by atoms with Crippen LogP contribution in [0.1, 0.15) is 38.7 Å². The molecule has 2 atom stereocenters. The predicted octanol–water partition coefficient (Wildman–Crippen LogP) is 5.80. The van der Waals surface area contributed by atoms with Gasteiger partial charge in [-0.05, 0) is 55.3 Å². The number of carbonyl (C=O) groups excluding carboxylic acids is 1. The number of aromatic amines is 1. The summed E-state index contributed by atoms with van der Waals surface area (Å²) in [6, 6.07) is 29.4. The predicted molar refractivity (Wildman–Crippen MR) is 160 cm³/mol. The fraction of sp³-hybridized carbons (Fsp3) is 0.125. The Morgan fingerprint density at radius 3 is 2.05 bits per heavy atom. The molecule has 5 rings (SSSR count). The van der Waals surface area contributed by atoms with E-state index in [9.17, 15) is 18.0 Å². The Morgan fingerprint density at radius 2 is 1.41 bits per heavy atom. The highest BCUT2D eigenvalue weighted by molar-refractivity contribution is 7.89. The zero-order valence-electron chi connectivity index (χ0n) is 22.4. The summed E-state index contributed by atoms with van der Waals surface area (Å²) in [7, 11) is -4.20. The molecule has 0 spiro atoms. The number of hydrogen-bond donors (Lipinski definition) is 2. The van der Waals surface area contributed by atoms with E-state index in [4.69, 9.17) is 11.6 Å². The van der Waals surface area contributed by atoms with Gasteiger partial charge in [-0.3, -0.25) is 14.7 Å². The number of sulfonamides is 1. The number of carbonyl (C=O) groups is 1. The van der Waals surface area contributed by atoms with Crippen molar-refractivity contribution in [3.63, 3.8) is 0 Å². The Hall–Kier alpha value is -4.24. The first kappa shape index (κ1) is 28.3. The second-order valence-electron chi connectivity index (χ2n) is 9.75. The van der Waals surface area contributed by atoms with Crippen molar-refractivity contribution < 1.29 is 13.2 Å². The lowest BCUT2D eigenvalue weighted by Crippen LogP contribution is -2.46. The first-order valence-electron chi connectivity index (χ1n) is 13.0. The van der Waals surface area contributed by atoms with Crippen molar-refractivity contribution in [2.75, 3.05) is 0 Å². The first-order chi connectivity index (χ1) is 19.7. The topological polar surface area (TPSA) is 101 Å². The molecule has 7 nitrogen and oxygen atoms in total. The van der Waals surface area contributed by atoms with Gasteiger partial charge in [-0.2, -0.15) is 4.72 Å². The number of ketones is 1. The van der Waals surface area contributed by atoms with E-state index >= 15 is 0 Å². The average molecular weight is 586 g/mol. The van der Waals surface area contributed by atoms with Crippen LogP contribution in [-0.4, -0.2) is 30.0 Å². The Morgan fingerprint density at radius 1 is 0.829 bits per heavy atom. The van der Waals surface area contributed by atoms with Crippen molar-refractivity contribution in [1.29, 1.82) is 0 Å². The molecule has 0 aliphatic carbocycles. The van der Waals surface area contributed by atoms with Crippen LogP contribution in [0.2, 0.25) is 5.02 Å². The lowest BCUT2D eigenvalue weighted by Gasteiger charge is -2.27. The molecule has 2 N–H and O–H groups in total. The molecule has 0 fully saturated rings. The van der Waals surface area contributed by atoms with Gasteiger partial charge < -0.3 is 0 Å². The van der Waals surface area contributed by atoms with Crippen molar-refractivity contribution in [3.8, 4) is 5.69 Å². The normalized spacial score (nSPS) is 13.0. The molecule has 0 radical (unpaired) electrons. The fourth-order valence-corrected chi connectivity index (χ4v) is 6.60. The molecule has 0 aliphatic rings. The molecule has 0 saturated carbocycles. The number of aryl methyl sites for hydroxylation is 2. The Bertz CT molecular complexity index is 1850. The highest BCUT2D eigenvalue weighted by Crippen LogP contribution is 2.32. The number of halogens is 1. The van der Waals surface area contributed by atoms with E-state index in [-0.39, 0.29) is 10.5 Å². The number of aromatic nitrogens is 2. The number of hydrogen-bond acceptors (Lipinski definition) is 4. The van der Waals surface area contributed by atoms with E-state index in [2.05, 4.69) is 9.82 Å². The number of H-pyrrole nitrogens is 1. The van der Waals surface area contributed by atoms with Gasteiger partial charge in [0, 0.05) is 27.8 Å². The highest BCUT2D eigenvalue weighted by atomic mass is 35.5. The lowest BCUT2D eigenvalue weighted by atomic mass is 9.82. The maximum atomic E-state index is 14.2.